The van der Waals surface area contributed by atoms with Crippen LogP contribution in [0.3, 0.4) is 0 Å². The van der Waals surface area contributed by atoms with E-state index >= 15 is 0 Å². The highest BCUT2D eigenvalue weighted by Gasteiger charge is 2.72. The van der Waals surface area contributed by atoms with Gasteiger partial charge in [-0.2, -0.15) is 5.10 Å². The quantitative estimate of drug-likeness (QED) is 0.858. The summed E-state index contributed by atoms with van der Waals surface area (Å²) in [6.07, 6.45) is 3.21. The molecule has 0 N–H and O–H groups in total. The number of hydrogen-bond donors (Lipinski definition) is 0. The predicted molar refractivity (Wildman–Crippen MR) is 84.2 cm³/mol. The van der Waals surface area contributed by atoms with Crippen LogP contribution in [0.5, 0.6) is 0 Å². The highest BCUT2D eigenvalue weighted by molar-refractivity contribution is 5.86. The number of carbonyl (C=O) groups is 1. The van der Waals surface area contributed by atoms with Crippen molar-refractivity contribution in [2.75, 3.05) is 0 Å². The van der Waals surface area contributed by atoms with Gasteiger partial charge in [-0.25, -0.2) is 18.3 Å². The third-order valence-electron chi connectivity index (χ3n) is 6.30. The third kappa shape index (κ3) is 1.78. The van der Waals surface area contributed by atoms with Gasteiger partial charge in [0.05, 0.1) is 11.6 Å². The number of halogens is 2. The molecule has 2 bridgehead atoms. The van der Waals surface area contributed by atoms with Gasteiger partial charge in [-0.15, -0.1) is 0 Å². The maximum Gasteiger partial charge on any atom is 0.347 e. The zero-order valence-electron chi connectivity index (χ0n) is 13.8. The average molecular weight is 345 g/mol. The summed E-state index contributed by atoms with van der Waals surface area (Å²) in [7, 11) is 0. The second-order valence-corrected chi connectivity index (χ2v) is 7.83. The summed E-state index contributed by atoms with van der Waals surface area (Å²) in [5.74, 6) is -0.456. The number of aromatic nitrogens is 3. The average Bonchev–Trinajstić information content (AvgIpc) is 2.96. The molecular formula is C18H17F2N3O2. The molecule has 6 rings (SSSR count). The van der Waals surface area contributed by atoms with Gasteiger partial charge in [-0.3, -0.25) is 9.36 Å². The Balaban J connectivity index is 1.53. The molecule has 25 heavy (non-hydrogen) atoms. The molecule has 1 atom stereocenters. The maximum atomic E-state index is 13.6. The highest BCUT2D eigenvalue weighted by Crippen LogP contribution is 2.71. The van der Waals surface area contributed by atoms with Gasteiger partial charge >= 0.3 is 5.69 Å². The largest absolute Gasteiger partial charge is 0.347 e. The van der Waals surface area contributed by atoms with Gasteiger partial charge in [-0.05, 0) is 50.3 Å². The van der Waals surface area contributed by atoms with Gasteiger partial charge in [0.1, 0.15) is 23.2 Å². The summed E-state index contributed by atoms with van der Waals surface area (Å²) < 4.78 is 30.2. The fraction of sp³-hybridized carbons (Fsp3) is 0.500. The zero-order chi connectivity index (χ0) is 17.6. The molecule has 7 heteroatoms. The summed E-state index contributed by atoms with van der Waals surface area (Å²) in [5, 5.41) is 4.50. The molecule has 2 aromatic rings. The Bertz CT molecular complexity index is 951. The van der Waals surface area contributed by atoms with Crippen molar-refractivity contribution in [2.45, 2.75) is 50.6 Å². The van der Waals surface area contributed by atoms with Crippen molar-refractivity contribution in [1.82, 2.24) is 14.3 Å². The number of benzene rings is 1. The monoisotopic (exact) mass is 345 g/mol. The van der Waals surface area contributed by atoms with Crippen molar-refractivity contribution in [3.8, 4) is 0 Å². The number of aryl methyl sites for hydroxylation is 1. The van der Waals surface area contributed by atoms with Crippen LogP contribution >= 0.6 is 0 Å². The smallest absolute Gasteiger partial charge is 0.299 e. The molecule has 0 saturated heterocycles. The van der Waals surface area contributed by atoms with Gasteiger partial charge in [0.25, 0.3) is 0 Å². The van der Waals surface area contributed by atoms with Crippen molar-refractivity contribution in [2.24, 2.45) is 5.41 Å². The van der Waals surface area contributed by atoms with Crippen LogP contribution in [0.1, 0.15) is 50.0 Å². The third-order valence-corrected chi connectivity index (χ3v) is 6.30. The molecule has 1 aliphatic heterocycles. The molecule has 3 aliphatic carbocycles. The predicted octanol–water partition coefficient (Wildman–Crippen LogP) is 2.33. The Morgan fingerprint density at radius 3 is 2.44 bits per heavy atom. The first-order valence-corrected chi connectivity index (χ1v) is 8.52. The van der Waals surface area contributed by atoms with Crippen molar-refractivity contribution in [3.05, 3.63) is 51.7 Å². The molecule has 0 amide bonds. The second kappa shape index (κ2) is 4.45. The van der Waals surface area contributed by atoms with Crippen LogP contribution in [0.2, 0.25) is 0 Å². The molecule has 1 aromatic carbocycles. The van der Waals surface area contributed by atoms with E-state index < -0.39 is 17.7 Å². The van der Waals surface area contributed by atoms with E-state index in [1.165, 1.54) is 16.8 Å². The molecular weight excluding hydrogens is 328 g/mol. The summed E-state index contributed by atoms with van der Waals surface area (Å²) in [4.78, 5) is 24.6. The first-order chi connectivity index (χ1) is 11.8. The summed E-state index contributed by atoms with van der Waals surface area (Å²) in [6, 6.07) is 2.99. The first kappa shape index (κ1) is 15.0. The SMILES string of the molecule is CC(=O)C12CC(n3nc4n(c3=O)C(c3cc(F)cc(F)c3)CC4)(C1)C2. The molecule has 3 fully saturated rings. The Morgan fingerprint density at radius 1 is 1.20 bits per heavy atom. The van der Waals surface area contributed by atoms with Crippen molar-refractivity contribution >= 4 is 5.78 Å². The van der Waals surface area contributed by atoms with E-state index in [2.05, 4.69) is 5.10 Å². The molecule has 1 aromatic heterocycles. The van der Waals surface area contributed by atoms with Crippen LogP contribution in [0, 0.1) is 17.0 Å². The van der Waals surface area contributed by atoms with E-state index in [4.69, 9.17) is 0 Å². The minimum Gasteiger partial charge on any atom is -0.299 e. The van der Waals surface area contributed by atoms with E-state index in [1.54, 1.807) is 11.5 Å². The number of Topliss-reactive ketones (excluding diaryl/α,β-unsaturated/α-hetero) is 1. The van der Waals surface area contributed by atoms with Gasteiger partial charge < -0.3 is 0 Å². The van der Waals surface area contributed by atoms with Gasteiger partial charge in [0.2, 0.25) is 0 Å². The number of rotatable bonds is 3. The van der Waals surface area contributed by atoms with Crippen molar-refractivity contribution < 1.29 is 13.6 Å². The standard InChI is InChI=1S/C18H17F2N3O2/c1-10(24)17-7-18(8-17,9-17)23-16(25)22-14(2-3-15(22)21-23)11-4-12(19)6-13(20)5-11/h4-6,14H,2-3,7-9H2,1H3. The summed E-state index contributed by atoms with van der Waals surface area (Å²) >= 11 is 0. The summed E-state index contributed by atoms with van der Waals surface area (Å²) in [5.41, 5.74) is -0.370. The van der Waals surface area contributed by atoms with Crippen LogP contribution < -0.4 is 5.69 Å². The lowest BCUT2D eigenvalue weighted by Gasteiger charge is -2.68. The van der Waals surface area contributed by atoms with Crippen molar-refractivity contribution in [3.63, 3.8) is 0 Å². The molecule has 3 saturated carbocycles. The Kier molecular flexibility index (Phi) is 2.67. The minimum absolute atomic E-state index is 0.183. The fourth-order valence-electron chi connectivity index (χ4n) is 5.02. The van der Waals surface area contributed by atoms with Gasteiger partial charge in [0, 0.05) is 17.9 Å². The zero-order valence-corrected chi connectivity index (χ0v) is 13.8. The topological polar surface area (TPSA) is 56.9 Å². The van der Waals surface area contributed by atoms with E-state index in [0.29, 0.717) is 43.5 Å². The van der Waals surface area contributed by atoms with E-state index in [9.17, 15) is 18.4 Å². The highest BCUT2D eigenvalue weighted by atomic mass is 19.1. The number of nitrogens with zero attached hydrogens (tertiary/aromatic N) is 3. The lowest BCUT2D eigenvalue weighted by molar-refractivity contribution is -0.198. The maximum absolute atomic E-state index is 13.6. The van der Waals surface area contributed by atoms with Gasteiger partial charge in [0.15, 0.2) is 0 Å². The van der Waals surface area contributed by atoms with Crippen LogP contribution in [-0.2, 0) is 16.8 Å². The van der Waals surface area contributed by atoms with E-state index in [1.807, 2.05) is 0 Å². The van der Waals surface area contributed by atoms with Crippen LogP contribution in [0.4, 0.5) is 8.78 Å². The molecule has 0 radical (unpaired) electrons. The van der Waals surface area contributed by atoms with E-state index in [0.717, 1.165) is 6.07 Å². The molecule has 4 aliphatic rings. The first-order valence-electron chi connectivity index (χ1n) is 8.52. The van der Waals surface area contributed by atoms with Crippen LogP contribution in [0.25, 0.3) is 0 Å². The van der Waals surface area contributed by atoms with E-state index in [-0.39, 0.29) is 22.4 Å². The number of fused-ring (bicyclic) bond motifs is 1. The Hall–Kier alpha value is -2.31. The summed E-state index contributed by atoms with van der Waals surface area (Å²) in [6.45, 7) is 1.60. The van der Waals surface area contributed by atoms with Crippen LogP contribution in [-0.4, -0.2) is 20.1 Å². The number of carbonyl (C=O) groups excluding carboxylic acids is 1. The van der Waals surface area contributed by atoms with Crippen molar-refractivity contribution in [1.29, 1.82) is 0 Å². The normalized spacial score (nSPS) is 32.0. The number of hydrogen-bond acceptors (Lipinski definition) is 3. The minimum atomic E-state index is -0.647. The molecule has 0 spiro atoms. The Morgan fingerprint density at radius 2 is 1.84 bits per heavy atom. The second-order valence-electron chi connectivity index (χ2n) is 7.83. The molecule has 2 heterocycles. The molecule has 5 nitrogen and oxygen atoms in total. The van der Waals surface area contributed by atoms with Gasteiger partial charge in [-0.1, -0.05) is 0 Å². The molecule has 1 unspecified atom stereocenters. The lowest BCUT2D eigenvalue weighted by Crippen LogP contribution is -2.72. The number of ketones is 1. The lowest BCUT2D eigenvalue weighted by atomic mass is 9.38. The fourth-order valence-corrected chi connectivity index (χ4v) is 5.02. The van der Waals surface area contributed by atoms with Crippen LogP contribution in [0.15, 0.2) is 23.0 Å². The Labute approximate surface area is 142 Å². The molecule has 130 valence electrons.